The number of rotatable bonds is 6. The second-order valence-corrected chi connectivity index (χ2v) is 4.49. The number of anilines is 1. The highest BCUT2D eigenvalue weighted by molar-refractivity contribution is 5.89. The third-order valence-electron chi connectivity index (χ3n) is 3.17. The second kappa shape index (κ2) is 7.74. The molecule has 5 heteroatoms. The van der Waals surface area contributed by atoms with Gasteiger partial charge in [0.2, 0.25) is 0 Å². The molecule has 0 radical (unpaired) electrons. The predicted molar refractivity (Wildman–Crippen MR) is 73.5 cm³/mol. The van der Waals surface area contributed by atoms with E-state index in [0.717, 1.165) is 12.8 Å². The van der Waals surface area contributed by atoms with Gasteiger partial charge in [-0.1, -0.05) is 26.7 Å². The molecular formula is C14H21FN2O2. The van der Waals surface area contributed by atoms with Gasteiger partial charge in [-0.05, 0) is 30.2 Å². The zero-order valence-electron chi connectivity index (χ0n) is 11.3. The fourth-order valence-electron chi connectivity index (χ4n) is 1.91. The van der Waals surface area contributed by atoms with Crippen LogP contribution in [0.5, 0.6) is 0 Å². The average Bonchev–Trinajstić information content (AvgIpc) is 2.40. The van der Waals surface area contributed by atoms with Crippen LogP contribution in [0.2, 0.25) is 0 Å². The molecule has 19 heavy (non-hydrogen) atoms. The van der Waals surface area contributed by atoms with Gasteiger partial charge in [-0.15, -0.1) is 0 Å². The van der Waals surface area contributed by atoms with Crippen molar-refractivity contribution in [3.05, 3.63) is 30.1 Å². The molecule has 0 aromatic heterocycles. The van der Waals surface area contributed by atoms with Crippen LogP contribution < -0.4 is 10.6 Å². The molecule has 0 saturated carbocycles. The first-order valence-corrected chi connectivity index (χ1v) is 6.55. The van der Waals surface area contributed by atoms with Crippen LogP contribution in [0.3, 0.4) is 0 Å². The van der Waals surface area contributed by atoms with Gasteiger partial charge >= 0.3 is 6.03 Å². The number of urea groups is 1. The Morgan fingerprint density at radius 3 is 2.37 bits per heavy atom. The molecule has 0 spiro atoms. The summed E-state index contributed by atoms with van der Waals surface area (Å²) in [6, 6.07) is 5.10. The third kappa shape index (κ3) is 5.26. The lowest BCUT2D eigenvalue weighted by molar-refractivity contribution is 0.104. The molecule has 0 fully saturated rings. The van der Waals surface area contributed by atoms with Crippen LogP contribution in [0, 0.1) is 11.7 Å². The van der Waals surface area contributed by atoms with E-state index in [9.17, 15) is 14.3 Å². The highest BCUT2D eigenvalue weighted by Gasteiger charge is 2.16. The van der Waals surface area contributed by atoms with Crippen LogP contribution in [-0.4, -0.2) is 23.8 Å². The Hall–Kier alpha value is -1.62. The maximum atomic E-state index is 12.7. The van der Waals surface area contributed by atoms with Crippen molar-refractivity contribution in [2.45, 2.75) is 32.8 Å². The van der Waals surface area contributed by atoms with Crippen molar-refractivity contribution in [3.8, 4) is 0 Å². The van der Waals surface area contributed by atoms with E-state index >= 15 is 0 Å². The summed E-state index contributed by atoms with van der Waals surface area (Å²) in [6.07, 6.45) is 1.20. The molecule has 1 aromatic carbocycles. The molecule has 0 aliphatic rings. The largest absolute Gasteiger partial charge is 0.391 e. The molecule has 4 nitrogen and oxygen atoms in total. The lowest BCUT2D eigenvalue weighted by Crippen LogP contribution is -2.38. The number of aliphatic hydroxyl groups is 1. The number of carbonyl (C=O) groups is 1. The van der Waals surface area contributed by atoms with Gasteiger partial charge in [0, 0.05) is 12.2 Å². The van der Waals surface area contributed by atoms with Gasteiger partial charge in [0.15, 0.2) is 0 Å². The summed E-state index contributed by atoms with van der Waals surface area (Å²) in [6.45, 7) is 4.23. The Kier molecular flexibility index (Phi) is 6.29. The van der Waals surface area contributed by atoms with Crippen molar-refractivity contribution in [1.82, 2.24) is 5.32 Å². The van der Waals surface area contributed by atoms with Gasteiger partial charge in [-0.2, -0.15) is 0 Å². The maximum Gasteiger partial charge on any atom is 0.319 e. The summed E-state index contributed by atoms with van der Waals surface area (Å²) in [7, 11) is 0. The van der Waals surface area contributed by atoms with Crippen molar-refractivity contribution in [2.75, 3.05) is 11.9 Å². The highest BCUT2D eigenvalue weighted by Crippen LogP contribution is 2.12. The van der Waals surface area contributed by atoms with E-state index < -0.39 is 12.1 Å². The number of amides is 2. The summed E-state index contributed by atoms with van der Waals surface area (Å²) in [4.78, 5) is 11.6. The monoisotopic (exact) mass is 268 g/mol. The number of hydrogen-bond acceptors (Lipinski definition) is 2. The van der Waals surface area contributed by atoms with Gasteiger partial charge in [0.05, 0.1) is 6.10 Å². The van der Waals surface area contributed by atoms with Crippen LogP contribution in [0.4, 0.5) is 14.9 Å². The van der Waals surface area contributed by atoms with Crippen molar-refractivity contribution in [3.63, 3.8) is 0 Å². The number of halogens is 1. The van der Waals surface area contributed by atoms with Gasteiger partial charge in [0.25, 0.3) is 0 Å². The first-order chi connectivity index (χ1) is 9.06. The Morgan fingerprint density at radius 1 is 1.26 bits per heavy atom. The van der Waals surface area contributed by atoms with Crippen molar-refractivity contribution in [2.24, 2.45) is 5.92 Å². The number of aliphatic hydroxyl groups excluding tert-OH is 1. The molecule has 0 aliphatic heterocycles. The van der Waals surface area contributed by atoms with Crippen molar-refractivity contribution < 1.29 is 14.3 Å². The molecule has 106 valence electrons. The molecule has 1 unspecified atom stereocenters. The smallest absolute Gasteiger partial charge is 0.319 e. The fourth-order valence-corrected chi connectivity index (χ4v) is 1.91. The summed E-state index contributed by atoms with van der Waals surface area (Å²) in [5.74, 6) is -0.166. The van der Waals surface area contributed by atoms with Gasteiger partial charge in [0.1, 0.15) is 5.82 Å². The van der Waals surface area contributed by atoms with Crippen molar-refractivity contribution in [1.29, 1.82) is 0 Å². The van der Waals surface area contributed by atoms with E-state index in [1.807, 2.05) is 13.8 Å². The normalized spacial score (nSPS) is 12.3. The Morgan fingerprint density at radius 2 is 1.84 bits per heavy atom. The zero-order valence-corrected chi connectivity index (χ0v) is 11.3. The first-order valence-electron chi connectivity index (χ1n) is 6.55. The molecule has 1 rings (SSSR count). The zero-order chi connectivity index (χ0) is 14.3. The lowest BCUT2D eigenvalue weighted by Gasteiger charge is -2.20. The summed E-state index contributed by atoms with van der Waals surface area (Å²) < 4.78 is 12.7. The van der Waals surface area contributed by atoms with Gasteiger partial charge in [-0.3, -0.25) is 0 Å². The van der Waals surface area contributed by atoms with E-state index in [2.05, 4.69) is 10.6 Å². The van der Waals surface area contributed by atoms with E-state index in [4.69, 9.17) is 0 Å². The fraction of sp³-hybridized carbons (Fsp3) is 0.500. The molecule has 1 aromatic rings. The lowest BCUT2D eigenvalue weighted by atomic mass is 9.97. The average molecular weight is 268 g/mol. The maximum absolute atomic E-state index is 12.7. The van der Waals surface area contributed by atoms with Crippen LogP contribution in [0.25, 0.3) is 0 Å². The third-order valence-corrected chi connectivity index (χ3v) is 3.17. The Labute approximate surface area is 113 Å². The molecule has 0 heterocycles. The van der Waals surface area contributed by atoms with Crippen molar-refractivity contribution >= 4 is 11.7 Å². The van der Waals surface area contributed by atoms with E-state index in [1.54, 1.807) is 0 Å². The SMILES string of the molecule is CCC(CC)C(O)CNC(=O)Nc1ccc(F)cc1. The second-order valence-electron chi connectivity index (χ2n) is 4.49. The van der Waals surface area contributed by atoms with E-state index in [-0.39, 0.29) is 18.3 Å². The van der Waals surface area contributed by atoms with E-state index in [1.165, 1.54) is 24.3 Å². The van der Waals surface area contributed by atoms with Crippen LogP contribution in [0.15, 0.2) is 24.3 Å². The molecule has 3 N–H and O–H groups in total. The highest BCUT2D eigenvalue weighted by atomic mass is 19.1. The molecule has 1 atom stereocenters. The molecular weight excluding hydrogens is 247 g/mol. The Balaban J connectivity index is 2.37. The number of carbonyl (C=O) groups excluding carboxylic acids is 1. The molecule has 0 aliphatic carbocycles. The number of benzene rings is 1. The van der Waals surface area contributed by atoms with Gasteiger partial charge < -0.3 is 15.7 Å². The molecule has 0 bridgehead atoms. The molecule has 0 saturated heterocycles. The van der Waals surface area contributed by atoms with Gasteiger partial charge in [-0.25, -0.2) is 9.18 Å². The number of nitrogens with one attached hydrogen (secondary N) is 2. The minimum Gasteiger partial charge on any atom is -0.391 e. The summed E-state index contributed by atoms with van der Waals surface area (Å²) >= 11 is 0. The minimum atomic E-state index is -0.547. The van der Waals surface area contributed by atoms with Crippen LogP contribution >= 0.6 is 0 Å². The standard InChI is InChI=1S/C14H21FN2O2/c1-3-10(4-2)13(18)9-16-14(19)17-12-7-5-11(15)6-8-12/h5-8,10,13,18H,3-4,9H2,1-2H3,(H2,16,17,19). The summed E-state index contributed by atoms with van der Waals surface area (Å²) in [5.41, 5.74) is 0.510. The predicted octanol–water partition coefficient (Wildman–Crippen LogP) is 2.74. The topological polar surface area (TPSA) is 61.4 Å². The molecule has 2 amide bonds. The van der Waals surface area contributed by atoms with Crippen LogP contribution in [-0.2, 0) is 0 Å². The Bertz CT molecular complexity index is 391. The minimum absolute atomic E-state index is 0.186. The quantitative estimate of drug-likeness (QED) is 0.743. The first kappa shape index (κ1) is 15.4. The van der Waals surface area contributed by atoms with E-state index in [0.29, 0.717) is 5.69 Å². The summed E-state index contributed by atoms with van der Waals surface area (Å²) in [5, 5.41) is 15.0. The number of hydrogen-bond donors (Lipinski definition) is 3. The van der Waals surface area contributed by atoms with Crippen LogP contribution in [0.1, 0.15) is 26.7 Å².